The van der Waals surface area contributed by atoms with Crippen molar-refractivity contribution in [2.45, 2.75) is 29.7 Å². The summed E-state index contributed by atoms with van der Waals surface area (Å²) in [6.07, 6.45) is 3.61. The van der Waals surface area contributed by atoms with E-state index < -0.39 is 0 Å². The molecule has 1 aromatic rings. The minimum Gasteiger partial charge on any atom is -0.481 e. The third-order valence-corrected chi connectivity index (χ3v) is 4.42. The molecule has 1 N–H and O–H groups in total. The van der Waals surface area contributed by atoms with Crippen molar-refractivity contribution in [2.24, 2.45) is 5.92 Å². The van der Waals surface area contributed by atoms with Crippen LogP contribution in [0.1, 0.15) is 19.3 Å². The number of hydrogen-bond donors (Lipinski definition) is 1. The molecule has 1 fully saturated rings. The highest BCUT2D eigenvalue weighted by Gasteiger charge is 2.28. The summed E-state index contributed by atoms with van der Waals surface area (Å²) in [5.74, 6) is 1.53. The van der Waals surface area contributed by atoms with E-state index in [1.807, 2.05) is 0 Å². The largest absolute Gasteiger partial charge is 0.481 e. The summed E-state index contributed by atoms with van der Waals surface area (Å²) in [7, 11) is 3.12. The number of rotatable bonds is 6. The third kappa shape index (κ3) is 3.05. The standard InChI is InChI=1S/C12H18N2O3S/c1-16-10-6-11(17-2)14-12(13-10)18-9(7-15)8-4-3-5-8/h6,8-9,15H,3-5,7H2,1-2H3. The number of aromatic nitrogens is 2. The van der Waals surface area contributed by atoms with E-state index >= 15 is 0 Å². The molecule has 6 heteroatoms. The van der Waals surface area contributed by atoms with Crippen molar-refractivity contribution >= 4 is 11.8 Å². The summed E-state index contributed by atoms with van der Waals surface area (Å²) < 4.78 is 10.2. The van der Waals surface area contributed by atoms with Gasteiger partial charge in [0, 0.05) is 5.25 Å². The van der Waals surface area contributed by atoms with Crippen molar-refractivity contribution in [1.29, 1.82) is 0 Å². The van der Waals surface area contributed by atoms with E-state index in [0.717, 1.165) is 0 Å². The fourth-order valence-electron chi connectivity index (χ4n) is 1.88. The minimum atomic E-state index is 0.151. The summed E-state index contributed by atoms with van der Waals surface area (Å²) in [4.78, 5) is 8.53. The molecule has 0 bridgehead atoms. The lowest BCUT2D eigenvalue weighted by Crippen LogP contribution is -2.27. The summed E-state index contributed by atoms with van der Waals surface area (Å²) in [6, 6.07) is 1.64. The lowest BCUT2D eigenvalue weighted by molar-refractivity contribution is 0.217. The fraction of sp³-hybridized carbons (Fsp3) is 0.667. The number of thioether (sulfide) groups is 1. The Balaban J connectivity index is 2.10. The molecule has 0 amide bonds. The van der Waals surface area contributed by atoms with Crippen LogP contribution in [0.25, 0.3) is 0 Å². The predicted octanol–water partition coefficient (Wildman–Crippen LogP) is 1.75. The topological polar surface area (TPSA) is 64.5 Å². The highest BCUT2D eigenvalue weighted by Crippen LogP contribution is 2.38. The van der Waals surface area contributed by atoms with Gasteiger partial charge in [0.15, 0.2) is 5.16 Å². The first-order chi connectivity index (χ1) is 8.76. The van der Waals surface area contributed by atoms with Gasteiger partial charge in [0.25, 0.3) is 0 Å². The SMILES string of the molecule is COc1cc(OC)nc(SC(CO)C2CCC2)n1. The van der Waals surface area contributed by atoms with Crippen molar-refractivity contribution < 1.29 is 14.6 Å². The smallest absolute Gasteiger partial charge is 0.220 e. The molecule has 0 aromatic carbocycles. The highest BCUT2D eigenvalue weighted by molar-refractivity contribution is 7.99. The molecule has 1 saturated carbocycles. The molecular formula is C12H18N2O3S. The molecule has 0 saturated heterocycles. The Morgan fingerprint density at radius 2 is 1.94 bits per heavy atom. The van der Waals surface area contributed by atoms with Crippen LogP contribution in [0.15, 0.2) is 11.2 Å². The molecule has 1 unspecified atom stereocenters. The molecule has 1 atom stereocenters. The molecule has 18 heavy (non-hydrogen) atoms. The van der Waals surface area contributed by atoms with Gasteiger partial charge in [0.1, 0.15) is 0 Å². The maximum atomic E-state index is 9.44. The fourth-order valence-corrected chi connectivity index (χ4v) is 2.97. The van der Waals surface area contributed by atoms with Crippen LogP contribution in [-0.4, -0.2) is 41.2 Å². The van der Waals surface area contributed by atoms with Gasteiger partial charge in [-0.25, -0.2) is 0 Å². The molecular weight excluding hydrogens is 252 g/mol. The van der Waals surface area contributed by atoms with E-state index in [1.165, 1.54) is 31.0 Å². The lowest BCUT2D eigenvalue weighted by atomic mass is 9.83. The van der Waals surface area contributed by atoms with E-state index in [-0.39, 0.29) is 11.9 Å². The molecule has 5 nitrogen and oxygen atoms in total. The zero-order valence-corrected chi connectivity index (χ0v) is 11.4. The number of aliphatic hydroxyl groups excluding tert-OH is 1. The van der Waals surface area contributed by atoms with Gasteiger partial charge < -0.3 is 14.6 Å². The van der Waals surface area contributed by atoms with Crippen molar-refractivity contribution in [1.82, 2.24) is 9.97 Å². The first-order valence-corrected chi connectivity index (χ1v) is 6.89. The van der Waals surface area contributed by atoms with Crippen LogP contribution in [0, 0.1) is 5.92 Å². The molecule has 1 aliphatic rings. The maximum Gasteiger partial charge on any atom is 0.220 e. The van der Waals surface area contributed by atoms with Crippen LogP contribution in [-0.2, 0) is 0 Å². The van der Waals surface area contributed by atoms with Crippen LogP contribution in [0.2, 0.25) is 0 Å². The second-order valence-corrected chi connectivity index (χ2v) is 5.47. The summed E-state index contributed by atoms with van der Waals surface area (Å²) in [5.41, 5.74) is 0. The number of ether oxygens (including phenoxy) is 2. The average Bonchev–Trinajstić information content (AvgIpc) is 2.35. The normalized spacial score (nSPS) is 17.1. The summed E-state index contributed by atoms with van der Waals surface area (Å²) in [6.45, 7) is 0.151. The molecule has 100 valence electrons. The maximum absolute atomic E-state index is 9.44. The molecule has 0 spiro atoms. The Morgan fingerprint density at radius 1 is 1.33 bits per heavy atom. The van der Waals surface area contributed by atoms with Gasteiger partial charge in [-0.2, -0.15) is 9.97 Å². The number of nitrogens with zero attached hydrogens (tertiary/aromatic N) is 2. The van der Waals surface area contributed by atoms with Crippen LogP contribution in [0.4, 0.5) is 0 Å². The van der Waals surface area contributed by atoms with Gasteiger partial charge in [-0.05, 0) is 18.8 Å². The predicted molar refractivity (Wildman–Crippen MR) is 69.2 cm³/mol. The van der Waals surface area contributed by atoms with Gasteiger partial charge in [0.2, 0.25) is 11.8 Å². The first kappa shape index (κ1) is 13.4. The monoisotopic (exact) mass is 270 g/mol. The minimum absolute atomic E-state index is 0.151. The number of methoxy groups -OCH3 is 2. The third-order valence-electron chi connectivity index (χ3n) is 3.19. The number of aliphatic hydroxyl groups is 1. The van der Waals surface area contributed by atoms with Gasteiger partial charge in [-0.15, -0.1) is 0 Å². The summed E-state index contributed by atoms with van der Waals surface area (Å²) in [5, 5.41) is 10.2. The lowest BCUT2D eigenvalue weighted by Gasteiger charge is -2.31. The van der Waals surface area contributed by atoms with Gasteiger partial charge in [-0.3, -0.25) is 0 Å². The van der Waals surface area contributed by atoms with Crippen molar-refractivity contribution in [2.75, 3.05) is 20.8 Å². The second-order valence-electron chi connectivity index (χ2n) is 4.27. The number of hydrogen-bond acceptors (Lipinski definition) is 6. The molecule has 0 aliphatic heterocycles. The van der Waals surface area contributed by atoms with Crippen LogP contribution in [0.3, 0.4) is 0 Å². The first-order valence-electron chi connectivity index (χ1n) is 6.01. The van der Waals surface area contributed by atoms with Crippen molar-refractivity contribution in [3.05, 3.63) is 6.07 Å². The second kappa shape index (κ2) is 6.24. The van der Waals surface area contributed by atoms with E-state index in [9.17, 15) is 5.11 Å². The van der Waals surface area contributed by atoms with Crippen LogP contribution < -0.4 is 9.47 Å². The van der Waals surface area contributed by atoms with E-state index in [4.69, 9.17) is 9.47 Å². The zero-order valence-electron chi connectivity index (χ0n) is 10.6. The van der Waals surface area contributed by atoms with E-state index in [1.54, 1.807) is 20.3 Å². The highest BCUT2D eigenvalue weighted by atomic mass is 32.2. The van der Waals surface area contributed by atoms with Gasteiger partial charge in [0.05, 0.1) is 26.9 Å². The Labute approximate surface area is 111 Å². The van der Waals surface area contributed by atoms with Crippen molar-refractivity contribution in [3.63, 3.8) is 0 Å². The zero-order chi connectivity index (χ0) is 13.0. The van der Waals surface area contributed by atoms with E-state index in [0.29, 0.717) is 22.8 Å². The van der Waals surface area contributed by atoms with Crippen molar-refractivity contribution in [3.8, 4) is 11.8 Å². The van der Waals surface area contributed by atoms with E-state index in [2.05, 4.69) is 9.97 Å². The Hall–Kier alpha value is -1.01. The average molecular weight is 270 g/mol. The van der Waals surface area contributed by atoms with Crippen LogP contribution >= 0.6 is 11.8 Å². The van der Waals surface area contributed by atoms with Gasteiger partial charge >= 0.3 is 0 Å². The summed E-state index contributed by atoms with van der Waals surface area (Å²) >= 11 is 1.50. The Bertz CT molecular complexity index is 377. The Kier molecular flexibility index (Phi) is 4.66. The quantitative estimate of drug-likeness (QED) is 0.627. The molecule has 0 radical (unpaired) electrons. The van der Waals surface area contributed by atoms with Gasteiger partial charge in [-0.1, -0.05) is 18.2 Å². The molecule has 1 aliphatic carbocycles. The molecule has 1 aromatic heterocycles. The Morgan fingerprint density at radius 3 is 2.33 bits per heavy atom. The molecule has 2 rings (SSSR count). The van der Waals surface area contributed by atoms with Crippen LogP contribution in [0.5, 0.6) is 11.8 Å². The molecule has 1 heterocycles.